The van der Waals surface area contributed by atoms with Crippen LogP contribution in [0.1, 0.15) is 31.2 Å². The summed E-state index contributed by atoms with van der Waals surface area (Å²) in [6, 6.07) is 7.68. The number of anilines is 1. The van der Waals surface area contributed by atoms with Gasteiger partial charge < -0.3 is 10.5 Å². The van der Waals surface area contributed by atoms with Crippen molar-refractivity contribution in [2.24, 2.45) is 0 Å². The second-order valence-electron chi connectivity index (χ2n) is 6.66. The van der Waals surface area contributed by atoms with E-state index in [9.17, 15) is 4.79 Å². The van der Waals surface area contributed by atoms with Crippen LogP contribution >= 0.6 is 0 Å². The standard InChI is InChI=1S/C20H19N5O2/c1-27-20(9-6-15(26)7-10-20)8-5-13-11-17(23-25-19(13)21)16-4-2-3-14-12-22-24-18(14)16/h2-4,11-12H,6-7,9-10H2,1H3,(H2,21,25)(H,22,24). The highest BCUT2D eigenvalue weighted by molar-refractivity contribution is 5.92. The fourth-order valence-electron chi connectivity index (χ4n) is 3.31. The van der Waals surface area contributed by atoms with E-state index in [2.05, 4.69) is 32.2 Å². The van der Waals surface area contributed by atoms with Gasteiger partial charge in [-0.2, -0.15) is 5.10 Å². The summed E-state index contributed by atoms with van der Waals surface area (Å²) in [6.45, 7) is 0. The van der Waals surface area contributed by atoms with Crippen LogP contribution in [0.3, 0.4) is 0 Å². The minimum absolute atomic E-state index is 0.254. The number of nitrogens with zero attached hydrogens (tertiary/aromatic N) is 3. The number of hydrogen-bond donors (Lipinski definition) is 2. The number of nitrogens with two attached hydrogens (primary N) is 1. The maximum Gasteiger partial charge on any atom is 0.161 e. The summed E-state index contributed by atoms with van der Waals surface area (Å²) in [5, 5.41) is 16.3. The van der Waals surface area contributed by atoms with Crippen LogP contribution in [0, 0.1) is 11.8 Å². The van der Waals surface area contributed by atoms with Crippen molar-refractivity contribution in [3.05, 3.63) is 36.0 Å². The third kappa shape index (κ3) is 3.27. The predicted octanol–water partition coefficient (Wildman–Crippen LogP) is 2.48. The normalized spacial score (nSPS) is 16.1. The first-order valence-corrected chi connectivity index (χ1v) is 8.76. The number of Topliss-reactive ketones (excluding diaryl/α,β-unsaturated/α-hetero) is 1. The molecule has 0 aliphatic heterocycles. The van der Waals surface area contributed by atoms with E-state index in [1.807, 2.05) is 24.3 Å². The lowest BCUT2D eigenvalue weighted by molar-refractivity contribution is -0.124. The zero-order valence-electron chi connectivity index (χ0n) is 15.0. The summed E-state index contributed by atoms with van der Waals surface area (Å²) >= 11 is 0. The predicted molar refractivity (Wildman–Crippen MR) is 102 cm³/mol. The first-order chi connectivity index (χ1) is 13.1. The number of para-hydroxylation sites is 1. The van der Waals surface area contributed by atoms with Gasteiger partial charge in [0.25, 0.3) is 0 Å². The van der Waals surface area contributed by atoms with Gasteiger partial charge in [0, 0.05) is 30.9 Å². The lowest BCUT2D eigenvalue weighted by Gasteiger charge is -2.30. The molecule has 1 aliphatic rings. The van der Waals surface area contributed by atoms with Crippen LogP contribution in [0.25, 0.3) is 22.2 Å². The number of benzene rings is 1. The quantitative estimate of drug-likeness (QED) is 0.679. The molecule has 1 aromatic carbocycles. The molecule has 27 heavy (non-hydrogen) atoms. The molecule has 2 aromatic heterocycles. The molecule has 0 radical (unpaired) electrons. The molecule has 2 heterocycles. The molecule has 3 aromatic rings. The van der Waals surface area contributed by atoms with Gasteiger partial charge in [-0.15, -0.1) is 10.2 Å². The van der Waals surface area contributed by atoms with Gasteiger partial charge in [-0.05, 0) is 18.9 Å². The number of carbonyl (C=O) groups is 1. The average molecular weight is 361 g/mol. The van der Waals surface area contributed by atoms with Gasteiger partial charge in [0.05, 0.1) is 23.0 Å². The largest absolute Gasteiger partial charge is 0.381 e. The minimum atomic E-state index is -0.618. The van der Waals surface area contributed by atoms with Crippen LogP contribution < -0.4 is 5.73 Å². The molecule has 7 heteroatoms. The molecular weight excluding hydrogens is 342 g/mol. The SMILES string of the molecule is COC1(C#Cc2cc(-c3cccc4cn[nH]c34)nnc2N)CCC(=O)CC1. The molecule has 136 valence electrons. The fourth-order valence-corrected chi connectivity index (χ4v) is 3.31. The molecule has 1 saturated carbocycles. The highest BCUT2D eigenvalue weighted by atomic mass is 16.5. The molecule has 0 atom stereocenters. The lowest BCUT2D eigenvalue weighted by atomic mass is 9.84. The van der Waals surface area contributed by atoms with Gasteiger partial charge in [-0.1, -0.05) is 30.0 Å². The number of carbonyl (C=O) groups excluding carboxylic acids is 1. The number of aromatic amines is 1. The van der Waals surface area contributed by atoms with Crippen LogP contribution in [0.15, 0.2) is 30.5 Å². The molecule has 0 saturated heterocycles. The van der Waals surface area contributed by atoms with E-state index in [0.29, 0.717) is 36.9 Å². The molecule has 1 aliphatic carbocycles. The van der Waals surface area contributed by atoms with Crippen LogP contribution in [0.2, 0.25) is 0 Å². The first kappa shape index (κ1) is 17.2. The zero-order chi connectivity index (χ0) is 18.9. The van der Waals surface area contributed by atoms with Crippen molar-refractivity contribution < 1.29 is 9.53 Å². The molecule has 4 rings (SSSR count). The Balaban J connectivity index is 1.72. The minimum Gasteiger partial charge on any atom is -0.381 e. The summed E-state index contributed by atoms with van der Waals surface area (Å²) < 4.78 is 5.63. The van der Waals surface area contributed by atoms with Crippen molar-refractivity contribution in [3.63, 3.8) is 0 Å². The molecule has 0 spiro atoms. The van der Waals surface area contributed by atoms with Crippen molar-refractivity contribution in [3.8, 4) is 23.1 Å². The zero-order valence-corrected chi connectivity index (χ0v) is 15.0. The van der Waals surface area contributed by atoms with Crippen molar-refractivity contribution in [1.82, 2.24) is 20.4 Å². The average Bonchev–Trinajstić information content (AvgIpc) is 3.18. The summed E-state index contributed by atoms with van der Waals surface area (Å²) in [5.74, 6) is 6.80. The van der Waals surface area contributed by atoms with E-state index in [-0.39, 0.29) is 11.6 Å². The number of hydrogen-bond acceptors (Lipinski definition) is 6. The number of nitrogen functional groups attached to an aromatic ring is 1. The van der Waals surface area contributed by atoms with Crippen molar-refractivity contribution in [2.45, 2.75) is 31.3 Å². The van der Waals surface area contributed by atoms with E-state index in [1.54, 1.807) is 13.3 Å². The van der Waals surface area contributed by atoms with Crippen LogP contribution in [0.5, 0.6) is 0 Å². The third-order valence-corrected chi connectivity index (χ3v) is 5.01. The third-order valence-electron chi connectivity index (χ3n) is 5.01. The van der Waals surface area contributed by atoms with Gasteiger partial charge in [-0.3, -0.25) is 9.89 Å². The smallest absolute Gasteiger partial charge is 0.161 e. The number of fused-ring (bicyclic) bond motifs is 1. The van der Waals surface area contributed by atoms with E-state index in [4.69, 9.17) is 10.5 Å². The van der Waals surface area contributed by atoms with Gasteiger partial charge in [0.15, 0.2) is 5.82 Å². The fraction of sp³-hybridized carbons (Fsp3) is 0.300. The van der Waals surface area contributed by atoms with E-state index < -0.39 is 5.60 Å². The number of H-pyrrole nitrogens is 1. The van der Waals surface area contributed by atoms with Crippen LogP contribution in [-0.2, 0) is 9.53 Å². The Morgan fingerprint density at radius 1 is 1.26 bits per heavy atom. The molecule has 1 fully saturated rings. The first-order valence-electron chi connectivity index (χ1n) is 8.76. The summed E-state index contributed by atoms with van der Waals surface area (Å²) in [5.41, 5.74) is 8.39. The molecule has 0 bridgehead atoms. The second-order valence-corrected chi connectivity index (χ2v) is 6.66. The number of ketones is 1. The molecule has 0 unspecified atom stereocenters. The summed E-state index contributed by atoms with van der Waals surface area (Å²) in [4.78, 5) is 11.5. The van der Waals surface area contributed by atoms with Gasteiger partial charge in [-0.25, -0.2) is 0 Å². The Morgan fingerprint density at radius 2 is 2.07 bits per heavy atom. The number of rotatable bonds is 2. The number of aromatic nitrogens is 4. The number of nitrogens with one attached hydrogen (secondary N) is 1. The van der Waals surface area contributed by atoms with E-state index >= 15 is 0 Å². The van der Waals surface area contributed by atoms with Gasteiger partial charge in [0.1, 0.15) is 11.4 Å². The van der Waals surface area contributed by atoms with Crippen LogP contribution in [-0.4, -0.2) is 38.9 Å². The Hall–Kier alpha value is -3.24. The van der Waals surface area contributed by atoms with Gasteiger partial charge in [0.2, 0.25) is 0 Å². The summed E-state index contributed by atoms with van der Waals surface area (Å²) in [7, 11) is 1.63. The lowest BCUT2D eigenvalue weighted by Crippen LogP contribution is -2.34. The highest BCUT2D eigenvalue weighted by Crippen LogP contribution is 2.30. The van der Waals surface area contributed by atoms with E-state index in [1.165, 1.54) is 0 Å². The Kier molecular flexibility index (Phi) is 4.34. The maximum atomic E-state index is 11.5. The van der Waals surface area contributed by atoms with Gasteiger partial charge >= 0.3 is 0 Å². The van der Waals surface area contributed by atoms with Crippen molar-refractivity contribution in [1.29, 1.82) is 0 Å². The summed E-state index contributed by atoms with van der Waals surface area (Å²) in [6.07, 6.45) is 3.92. The molecule has 3 N–H and O–H groups in total. The molecular formula is C20H19N5O2. The van der Waals surface area contributed by atoms with Crippen molar-refractivity contribution in [2.75, 3.05) is 12.8 Å². The second kappa shape index (κ2) is 6.82. The Labute approximate surface area is 156 Å². The maximum absolute atomic E-state index is 11.5. The monoisotopic (exact) mass is 361 g/mol. The number of methoxy groups -OCH3 is 1. The van der Waals surface area contributed by atoms with Crippen molar-refractivity contribution >= 4 is 22.5 Å². The Bertz CT molecular complexity index is 1070. The van der Waals surface area contributed by atoms with Crippen LogP contribution in [0.4, 0.5) is 5.82 Å². The highest BCUT2D eigenvalue weighted by Gasteiger charge is 2.33. The Morgan fingerprint density at radius 3 is 2.85 bits per heavy atom. The number of ether oxygens (including phenoxy) is 1. The molecule has 0 amide bonds. The molecule has 7 nitrogen and oxygen atoms in total. The van der Waals surface area contributed by atoms with E-state index in [0.717, 1.165) is 16.5 Å². The topological polar surface area (TPSA) is 107 Å².